The van der Waals surface area contributed by atoms with E-state index in [0.717, 1.165) is 59.9 Å². The van der Waals surface area contributed by atoms with Crippen LogP contribution in [0.2, 0.25) is 15.1 Å². The number of nitrogens with zero attached hydrogens (tertiary/aromatic N) is 4. The van der Waals surface area contributed by atoms with E-state index in [4.69, 9.17) is 44.6 Å². The van der Waals surface area contributed by atoms with Crippen molar-refractivity contribution < 1.29 is 4.84 Å². The molecule has 0 saturated heterocycles. The first-order valence-corrected chi connectivity index (χ1v) is 10.8. The van der Waals surface area contributed by atoms with Gasteiger partial charge in [-0.2, -0.15) is 0 Å². The summed E-state index contributed by atoms with van der Waals surface area (Å²) in [4.78, 5) is 12.4. The van der Waals surface area contributed by atoms with E-state index in [-0.39, 0.29) is 0 Å². The molecule has 8 heteroatoms. The Balaban J connectivity index is 1.93. The molecular weight excluding hydrogens is 431 g/mol. The third-order valence-electron chi connectivity index (χ3n) is 4.98. The molecule has 29 heavy (non-hydrogen) atoms. The SMILES string of the molecule is CCO/N=C(\CC)c1ccc(Cl)c2nc3n(c12)CCCN3c1ccc(Cl)cc1Cl. The molecule has 1 aliphatic heterocycles. The fourth-order valence-corrected chi connectivity index (χ4v) is 4.41. The molecule has 0 spiro atoms. The molecule has 0 amide bonds. The number of rotatable bonds is 5. The lowest BCUT2D eigenvalue weighted by molar-refractivity contribution is 0.158. The second-order valence-corrected chi connectivity index (χ2v) is 8.02. The van der Waals surface area contributed by atoms with Gasteiger partial charge in [0, 0.05) is 23.7 Å². The molecule has 5 nitrogen and oxygen atoms in total. The summed E-state index contributed by atoms with van der Waals surface area (Å²) < 4.78 is 2.20. The molecule has 0 fully saturated rings. The van der Waals surface area contributed by atoms with Crippen LogP contribution in [0.4, 0.5) is 11.6 Å². The lowest BCUT2D eigenvalue weighted by Gasteiger charge is -2.30. The van der Waals surface area contributed by atoms with Crippen LogP contribution in [0.15, 0.2) is 35.5 Å². The van der Waals surface area contributed by atoms with E-state index in [1.54, 1.807) is 6.07 Å². The highest BCUT2D eigenvalue weighted by Gasteiger charge is 2.27. The first kappa shape index (κ1) is 20.3. The minimum absolute atomic E-state index is 0.521. The lowest BCUT2D eigenvalue weighted by atomic mass is 10.1. The molecule has 0 unspecified atom stereocenters. The van der Waals surface area contributed by atoms with Gasteiger partial charge < -0.3 is 14.3 Å². The zero-order chi connectivity index (χ0) is 20.5. The van der Waals surface area contributed by atoms with Crippen molar-refractivity contribution in [1.82, 2.24) is 9.55 Å². The molecule has 0 radical (unpaired) electrons. The van der Waals surface area contributed by atoms with Crippen molar-refractivity contribution in [3.63, 3.8) is 0 Å². The summed E-state index contributed by atoms with van der Waals surface area (Å²) in [6.45, 7) is 6.15. The van der Waals surface area contributed by atoms with Crippen LogP contribution in [0, 0.1) is 0 Å². The fraction of sp³-hybridized carbons (Fsp3) is 0.333. The molecule has 2 heterocycles. The van der Waals surface area contributed by atoms with Crippen LogP contribution in [0.1, 0.15) is 32.3 Å². The van der Waals surface area contributed by atoms with Crippen LogP contribution in [-0.2, 0) is 11.4 Å². The monoisotopic (exact) mass is 450 g/mol. The average molecular weight is 452 g/mol. The van der Waals surface area contributed by atoms with Crippen LogP contribution >= 0.6 is 34.8 Å². The Bertz CT molecular complexity index is 1090. The second kappa shape index (κ2) is 8.42. The molecule has 1 aromatic heterocycles. The van der Waals surface area contributed by atoms with Crippen molar-refractivity contribution in [2.45, 2.75) is 33.2 Å². The first-order chi connectivity index (χ1) is 14.0. The minimum atomic E-state index is 0.521. The van der Waals surface area contributed by atoms with Gasteiger partial charge in [0.25, 0.3) is 0 Å². The summed E-state index contributed by atoms with van der Waals surface area (Å²) >= 11 is 19.1. The summed E-state index contributed by atoms with van der Waals surface area (Å²) in [6, 6.07) is 9.38. The molecule has 1 aliphatic rings. The molecule has 0 atom stereocenters. The van der Waals surface area contributed by atoms with Crippen molar-refractivity contribution in [2.24, 2.45) is 5.16 Å². The number of halogens is 3. The lowest BCUT2D eigenvalue weighted by Crippen LogP contribution is -2.28. The van der Waals surface area contributed by atoms with Crippen molar-refractivity contribution in [3.05, 3.63) is 51.0 Å². The van der Waals surface area contributed by atoms with E-state index in [1.165, 1.54) is 0 Å². The molecule has 0 N–H and O–H groups in total. The Morgan fingerprint density at radius 1 is 1.10 bits per heavy atom. The number of oxime groups is 1. The zero-order valence-electron chi connectivity index (χ0n) is 16.3. The number of fused-ring (bicyclic) bond motifs is 3. The number of anilines is 2. The van der Waals surface area contributed by atoms with Crippen molar-refractivity contribution in [3.8, 4) is 0 Å². The van der Waals surface area contributed by atoms with Crippen molar-refractivity contribution in [1.29, 1.82) is 0 Å². The number of hydrogen-bond acceptors (Lipinski definition) is 4. The Morgan fingerprint density at radius 3 is 2.66 bits per heavy atom. The molecule has 2 aromatic carbocycles. The van der Waals surface area contributed by atoms with Gasteiger partial charge in [-0.15, -0.1) is 0 Å². The van der Waals surface area contributed by atoms with E-state index < -0.39 is 0 Å². The van der Waals surface area contributed by atoms with Crippen LogP contribution < -0.4 is 4.90 Å². The van der Waals surface area contributed by atoms with Crippen LogP contribution in [-0.4, -0.2) is 28.4 Å². The van der Waals surface area contributed by atoms with E-state index in [1.807, 2.05) is 31.2 Å². The van der Waals surface area contributed by atoms with Gasteiger partial charge in [0.2, 0.25) is 5.95 Å². The summed E-state index contributed by atoms with van der Waals surface area (Å²) in [7, 11) is 0. The number of aromatic nitrogens is 2. The third-order valence-corrected chi connectivity index (χ3v) is 5.82. The van der Waals surface area contributed by atoms with E-state index in [0.29, 0.717) is 21.7 Å². The number of imidazole rings is 1. The Kier molecular flexibility index (Phi) is 5.91. The van der Waals surface area contributed by atoms with E-state index in [9.17, 15) is 0 Å². The maximum Gasteiger partial charge on any atom is 0.211 e. The third kappa shape index (κ3) is 3.67. The number of aryl methyl sites for hydroxylation is 1. The van der Waals surface area contributed by atoms with E-state index >= 15 is 0 Å². The van der Waals surface area contributed by atoms with Crippen molar-refractivity contribution in [2.75, 3.05) is 18.1 Å². The molecule has 0 bridgehead atoms. The second-order valence-electron chi connectivity index (χ2n) is 6.77. The summed E-state index contributed by atoms with van der Waals surface area (Å²) in [5, 5.41) is 6.13. The van der Waals surface area contributed by atoms with Gasteiger partial charge in [-0.3, -0.25) is 0 Å². The Labute approximate surface area is 184 Å². The fourth-order valence-electron chi connectivity index (χ4n) is 3.71. The topological polar surface area (TPSA) is 42.7 Å². The Morgan fingerprint density at radius 2 is 1.93 bits per heavy atom. The van der Waals surface area contributed by atoms with Gasteiger partial charge in [-0.1, -0.05) is 46.9 Å². The molecule has 0 saturated carbocycles. The van der Waals surface area contributed by atoms with Gasteiger partial charge in [-0.05, 0) is 50.1 Å². The minimum Gasteiger partial charge on any atom is -0.396 e. The molecule has 4 rings (SSSR count). The molecule has 3 aromatic rings. The van der Waals surface area contributed by atoms with Gasteiger partial charge >= 0.3 is 0 Å². The van der Waals surface area contributed by atoms with Crippen molar-refractivity contribution >= 4 is 63.2 Å². The normalized spacial score (nSPS) is 14.4. The predicted octanol–water partition coefficient (Wildman–Crippen LogP) is 6.69. The molecule has 0 aliphatic carbocycles. The van der Waals surface area contributed by atoms with E-state index in [2.05, 4.69) is 21.5 Å². The summed E-state index contributed by atoms with van der Waals surface area (Å²) in [6.07, 6.45) is 1.69. The van der Waals surface area contributed by atoms with Crippen LogP contribution in [0.3, 0.4) is 0 Å². The largest absolute Gasteiger partial charge is 0.396 e. The van der Waals surface area contributed by atoms with Gasteiger partial charge in [-0.25, -0.2) is 4.98 Å². The standard InChI is InChI=1S/C21H21Cl3N4O/c1-3-17(26-29-4-2)14-7-8-15(23)19-20(14)28-11-5-10-27(21(28)25-19)18-9-6-13(22)12-16(18)24/h6-9,12H,3-5,10-11H2,1-2H3/b26-17+. The first-order valence-electron chi connectivity index (χ1n) is 9.65. The highest BCUT2D eigenvalue weighted by atomic mass is 35.5. The highest BCUT2D eigenvalue weighted by molar-refractivity contribution is 6.37. The van der Waals surface area contributed by atoms with Gasteiger partial charge in [0.05, 0.1) is 27.0 Å². The maximum absolute atomic E-state index is 6.54. The maximum atomic E-state index is 6.54. The summed E-state index contributed by atoms with van der Waals surface area (Å²) in [5.41, 5.74) is 4.47. The highest BCUT2D eigenvalue weighted by Crippen LogP contribution is 2.39. The quantitative estimate of drug-likeness (QED) is 0.320. The molecular formula is C21H21Cl3N4O. The predicted molar refractivity (Wildman–Crippen MR) is 121 cm³/mol. The zero-order valence-corrected chi connectivity index (χ0v) is 18.5. The summed E-state index contributed by atoms with van der Waals surface area (Å²) in [5.74, 6) is 0.816. The van der Waals surface area contributed by atoms with Gasteiger partial charge in [0.1, 0.15) is 12.1 Å². The Hall–Kier alpha value is -1.95. The van der Waals surface area contributed by atoms with Crippen LogP contribution in [0.5, 0.6) is 0 Å². The number of benzene rings is 2. The average Bonchev–Trinajstić information content (AvgIpc) is 3.11. The smallest absolute Gasteiger partial charge is 0.211 e. The number of hydrogen-bond donors (Lipinski definition) is 0. The van der Waals surface area contributed by atoms with Gasteiger partial charge in [0.15, 0.2) is 0 Å². The van der Waals surface area contributed by atoms with Crippen LogP contribution in [0.25, 0.3) is 11.0 Å². The molecule has 152 valence electrons.